The topological polar surface area (TPSA) is 66.4 Å². The molecule has 1 fully saturated rings. The van der Waals surface area contributed by atoms with E-state index in [1.165, 1.54) is 30.3 Å². The fourth-order valence-electron chi connectivity index (χ4n) is 2.84. The molecule has 0 radical (unpaired) electrons. The van der Waals surface area contributed by atoms with Crippen LogP contribution in [0.25, 0.3) is 11.1 Å². The molecule has 2 aromatic rings. The van der Waals surface area contributed by atoms with Crippen LogP contribution in [0.4, 0.5) is 8.78 Å². The number of carbonyl (C=O) groups excluding carboxylic acids is 1. The van der Waals surface area contributed by atoms with Gasteiger partial charge in [0.2, 0.25) is 0 Å². The van der Waals surface area contributed by atoms with Crippen LogP contribution < -0.4 is 5.32 Å². The van der Waals surface area contributed by atoms with Crippen LogP contribution in [-0.4, -0.2) is 23.0 Å². The zero-order valence-electron chi connectivity index (χ0n) is 13.6. The van der Waals surface area contributed by atoms with Crippen molar-refractivity contribution in [2.45, 2.75) is 25.8 Å². The predicted octanol–water partition coefficient (Wildman–Crippen LogP) is 3.53. The van der Waals surface area contributed by atoms with Gasteiger partial charge in [-0.1, -0.05) is 12.1 Å². The summed E-state index contributed by atoms with van der Waals surface area (Å²) in [5, 5.41) is 11.6. The molecule has 0 saturated heterocycles. The third-order valence-electron chi connectivity index (χ3n) is 4.36. The molecule has 0 aromatic heterocycles. The number of carbonyl (C=O) groups is 2. The maximum atomic E-state index is 14.5. The van der Waals surface area contributed by atoms with Crippen molar-refractivity contribution in [3.8, 4) is 11.1 Å². The van der Waals surface area contributed by atoms with Crippen LogP contribution in [0.3, 0.4) is 0 Å². The smallest absolute Gasteiger partial charge is 0.326 e. The highest BCUT2D eigenvalue weighted by atomic mass is 19.1. The third kappa shape index (κ3) is 3.68. The van der Waals surface area contributed by atoms with Gasteiger partial charge in [0.1, 0.15) is 17.7 Å². The van der Waals surface area contributed by atoms with Gasteiger partial charge in [0, 0.05) is 11.1 Å². The number of nitrogens with one attached hydrogen (secondary N) is 1. The highest BCUT2D eigenvalue weighted by molar-refractivity contribution is 5.97. The number of benzene rings is 2. The van der Waals surface area contributed by atoms with Gasteiger partial charge in [-0.15, -0.1) is 0 Å². The molecule has 0 heterocycles. The molecule has 1 unspecified atom stereocenters. The SMILES string of the molecule is Cc1cc(F)ccc1-c1ccc(C(=O)NC(C(=O)O)C2CC2)cc1F. The van der Waals surface area contributed by atoms with E-state index >= 15 is 0 Å². The van der Waals surface area contributed by atoms with Crippen LogP contribution in [0.5, 0.6) is 0 Å². The molecule has 0 bridgehead atoms. The van der Waals surface area contributed by atoms with Crippen LogP contribution >= 0.6 is 0 Å². The Morgan fingerprint density at radius 1 is 1.12 bits per heavy atom. The second kappa shape index (κ2) is 6.63. The molecule has 3 rings (SSSR count). The van der Waals surface area contributed by atoms with Crippen LogP contribution in [0.1, 0.15) is 28.8 Å². The lowest BCUT2D eigenvalue weighted by molar-refractivity contribution is -0.139. The van der Waals surface area contributed by atoms with Crippen molar-refractivity contribution in [2.75, 3.05) is 0 Å². The van der Waals surface area contributed by atoms with Crippen molar-refractivity contribution < 1.29 is 23.5 Å². The monoisotopic (exact) mass is 345 g/mol. The molecule has 25 heavy (non-hydrogen) atoms. The van der Waals surface area contributed by atoms with E-state index in [0.717, 1.165) is 18.9 Å². The van der Waals surface area contributed by atoms with E-state index in [-0.39, 0.29) is 17.0 Å². The fourth-order valence-corrected chi connectivity index (χ4v) is 2.84. The van der Waals surface area contributed by atoms with Gasteiger partial charge in [0.05, 0.1) is 0 Å². The van der Waals surface area contributed by atoms with E-state index in [1.807, 2.05) is 0 Å². The molecule has 0 aliphatic heterocycles. The minimum absolute atomic E-state index is 0.0490. The molecule has 4 nitrogen and oxygen atoms in total. The van der Waals surface area contributed by atoms with Crippen LogP contribution in [0, 0.1) is 24.5 Å². The van der Waals surface area contributed by atoms with Crippen molar-refractivity contribution >= 4 is 11.9 Å². The molecule has 6 heteroatoms. The van der Waals surface area contributed by atoms with E-state index in [4.69, 9.17) is 5.11 Å². The lowest BCUT2D eigenvalue weighted by atomic mass is 9.98. The number of aliphatic carboxylic acids is 1. The average molecular weight is 345 g/mol. The molecule has 1 atom stereocenters. The minimum Gasteiger partial charge on any atom is -0.480 e. The van der Waals surface area contributed by atoms with Crippen molar-refractivity contribution in [3.05, 3.63) is 59.2 Å². The largest absolute Gasteiger partial charge is 0.480 e. The number of hydrogen-bond acceptors (Lipinski definition) is 2. The highest BCUT2D eigenvalue weighted by Crippen LogP contribution is 2.33. The van der Waals surface area contributed by atoms with Crippen molar-refractivity contribution in [3.63, 3.8) is 0 Å². The van der Waals surface area contributed by atoms with E-state index in [9.17, 15) is 18.4 Å². The van der Waals surface area contributed by atoms with E-state index in [0.29, 0.717) is 11.1 Å². The molecule has 2 N–H and O–H groups in total. The van der Waals surface area contributed by atoms with Crippen LogP contribution in [0.15, 0.2) is 36.4 Å². The van der Waals surface area contributed by atoms with E-state index in [1.54, 1.807) is 6.92 Å². The molecule has 130 valence electrons. The van der Waals surface area contributed by atoms with Gasteiger partial charge in [-0.05, 0) is 61.1 Å². The molecule has 0 spiro atoms. The number of hydrogen-bond donors (Lipinski definition) is 2. The van der Waals surface area contributed by atoms with Gasteiger partial charge in [0.25, 0.3) is 5.91 Å². The van der Waals surface area contributed by atoms with E-state index in [2.05, 4.69) is 5.32 Å². The quantitative estimate of drug-likeness (QED) is 0.871. The average Bonchev–Trinajstić information content (AvgIpc) is 3.37. The Balaban J connectivity index is 1.84. The summed E-state index contributed by atoms with van der Waals surface area (Å²) < 4.78 is 27.6. The second-order valence-corrected chi connectivity index (χ2v) is 6.28. The first-order valence-electron chi connectivity index (χ1n) is 7.96. The van der Waals surface area contributed by atoms with Gasteiger partial charge < -0.3 is 10.4 Å². The highest BCUT2D eigenvalue weighted by Gasteiger charge is 2.37. The maximum absolute atomic E-state index is 14.5. The van der Waals surface area contributed by atoms with Gasteiger partial charge in [0.15, 0.2) is 0 Å². The first kappa shape index (κ1) is 17.1. The van der Waals surface area contributed by atoms with Gasteiger partial charge in [-0.2, -0.15) is 0 Å². The molecule has 1 aliphatic carbocycles. The molecule has 1 amide bonds. The van der Waals surface area contributed by atoms with Crippen molar-refractivity contribution in [2.24, 2.45) is 5.92 Å². The van der Waals surface area contributed by atoms with Crippen molar-refractivity contribution in [1.29, 1.82) is 0 Å². The predicted molar refractivity (Wildman–Crippen MR) is 88.1 cm³/mol. The second-order valence-electron chi connectivity index (χ2n) is 6.28. The summed E-state index contributed by atoms with van der Waals surface area (Å²) in [6, 6.07) is 7.03. The Morgan fingerprint density at radius 3 is 2.36 bits per heavy atom. The summed E-state index contributed by atoms with van der Waals surface area (Å²) in [5.74, 6) is -2.80. The Labute approximate surface area is 143 Å². The van der Waals surface area contributed by atoms with Gasteiger partial charge in [-0.3, -0.25) is 4.79 Å². The standard InChI is InChI=1S/C19H17F2NO3/c1-10-8-13(20)5-7-14(10)15-6-4-12(9-16(15)21)18(23)22-17(19(24)25)11-2-3-11/h4-9,11,17H,2-3H2,1H3,(H,22,23)(H,24,25). The Kier molecular flexibility index (Phi) is 4.53. The first-order valence-corrected chi connectivity index (χ1v) is 7.96. The van der Waals surface area contributed by atoms with Crippen LogP contribution in [0.2, 0.25) is 0 Å². The normalized spacial score (nSPS) is 14.8. The summed E-state index contributed by atoms with van der Waals surface area (Å²) in [4.78, 5) is 23.4. The first-order chi connectivity index (χ1) is 11.9. The number of amides is 1. The number of rotatable bonds is 5. The number of carboxylic acids is 1. The number of aryl methyl sites for hydroxylation is 1. The lowest BCUT2D eigenvalue weighted by Gasteiger charge is -2.14. The summed E-state index contributed by atoms with van der Waals surface area (Å²) in [6.45, 7) is 1.67. The maximum Gasteiger partial charge on any atom is 0.326 e. The Morgan fingerprint density at radius 2 is 1.80 bits per heavy atom. The molecule has 1 aliphatic rings. The number of halogens is 2. The fraction of sp³-hybridized carbons (Fsp3) is 0.263. The lowest BCUT2D eigenvalue weighted by Crippen LogP contribution is -2.42. The Bertz CT molecular complexity index is 847. The van der Waals surface area contributed by atoms with Gasteiger partial charge >= 0.3 is 5.97 Å². The third-order valence-corrected chi connectivity index (χ3v) is 4.36. The summed E-state index contributed by atoms with van der Waals surface area (Å²) >= 11 is 0. The number of carboxylic acid groups (broad SMARTS) is 1. The zero-order valence-corrected chi connectivity index (χ0v) is 13.6. The molecule has 1 saturated carbocycles. The van der Waals surface area contributed by atoms with Crippen LogP contribution in [-0.2, 0) is 4.79 Å². The molecular formula is C19H17F2NO3. The van der Waals surface area contributed by atoms with Crippen molar-refractivity contribution in [1.82, 2.24) is 5.32 Å². The van der Waals surface area contributed by atoms with E-state index < -0.39 is 29.6 Å². The molecule has 2 aromatic carbocycles. The minimum atomic E-state index is -1.09. The summed E-state index contributed by atoms with van der Waals surface area (Å²) in [6.07, 6.45) is 1.52. The zero-order chi connectivity index (χ0) is 18.1. The summed E-state index contributed by atoms with van der Waals surface area (Å²) in [7, 11) is 0. The van der Waals surface area contributed by atoms with Gasteiger partial charge in [-0.25, -0.2) is 13.6 Å². The summed E-state index contributed by atoms with van der Waals surface area (Å²) in [5.41, 5.74) is 1.42. The molecular weight excluding hydrogens is 328 g/mol. The Hall–Kier alpha value is -2.76.